The van der Waals surface area contributed by atoms with Crippen molar-refractivity contribution in [2.75, 3.05) is 27.3 Å². The zero-order valence-corrected chi connectivity index (χ0v) is 14.4. The molecule has 0 radical (unpaired) electrons. The van der Waals surface area contributed by atoms with Crippen LogP contribution in [-0.2, 0) is 25.6 Å². The van der Waals surface area contributed by atoms with Crippen LogP contribution in [0.25, 0.3) is 0 Å². The molecule has 6 nitrogen and oxygen atoms in total. The van der Waals surface area contributed by atoms with Gasteiger partial charge in [-0.25, -0.2) is 0 Å². The number of carbonyl (C=O) groups is 2. The second-order valence-corrected chi connectivity index (χ2v) is 5.20. The van der Waals surface area contributed by atoms with E-state index in [0.717, 1.165) is 6.54 Å². The van der Waals surface area contributed by atoms with Gasteiger partial charge in [-0.2, -0.15) is 0 Å². The number of benzene rings is 1. The van der Waals surface area contributed by atoms with E-state index in [1.54, 1.807) is 6.92 Å². The normalized spacial score (nSPS) is 12.4. The lowest BCUT2D eigenvalue weighted by Gasteiger charge is -2.10. The molecule has 0 saturated heterocycles. The van der Waals surface area contributed by atoms with Crippen molar-refractivity contribution in [3.05, 3.63) is 35.9 Å². The predicted molar refractivity (Wildman–Crippen MR) is 89.6 cm³/mol. The number of hydrogen-bond donors (Lipinski definition) is 2. The van der Waals surface area contributed by atoms with Gasteiger partial charge in [0.25, 0.3) is 0 Å². The Morgan fingerprint density at radius 3 is 2.00 bits per heavy atom. The first-order chi connectivity index (χ1) is 11.0. The summed E-state index contributed by atoms with van der Waals surface area (Å²) in [6.07, 6.45) is 0. The maximum Gasteiger partial charge on any atom is 0.309 e. The monoisotopic (exact) mass is 324 g/mol. The summed E-state index contributed by atoms with van der Waals surface area (Å²) < 4.78 is 9.02. The molecule has 0 aromatic heterocycles. The number of carbonyl (C=O) groups excluding carboxylic acids is 2. The number of rotatable bonds is 7. The molecule has 0 spiro atoms. The van der Waals surface area contributed by atoms with Crippen molar-refractivity contribution in [2.24, 2.45) is 17.6 Å². The fourth-order valence-electron chi connectivity index (χ4n) is 1.61. The van der Waals surface area contributed by atoms with Crippen LogP contribution in [0.1, 0.15) is 19.4 Å². The summed E-state index contributed by atoms with van der Waals surface area (Å²) in [5, 5.41) is 3.22. The molecule has 1 aromatic rings. The largest absolute Gasteiger partial charge is 0.469 e. The Balaban J connectivity index is 0.000000515. The number of nitrogens with one attached hydrogen (secondary N) is 1. The summed E-state index contributed by atoms with van der Waals surface area (Å²) in [7, 11) is 2.77. The molecule has 1 rings (SSSR count). The van der Waals surface area contributed by atoms with Crippen molar-refractivity contribution in [1.82, 2.24) is 5.32 Å². The van der Waals surface area contributed by atoms with Gasteiger partial charge in [-0.05, 0) is 5.56 Å². The SMILES string of the molecule is COC(=O)C(C)CN.COC(=O)C(C)CNCc1ccccc1. The van der Waals surface area contributed by atoms with E-state index < -0.39 is 0 Å². The average Bonchev–Trinajstić information content (AvgIpc) is 2.60. The van der Waals surface area contributed by atoms with Crippen LogP contribution in [0, 0.1) is 11.8 Å². The lowest BCUT2D eigenvalue weighted by molar-refractivity contribution is -0.145. The molecular formula is C17H28N2O4. The van der Waals surface area contributed by atoms with Crippen molar-refractivity contribution >= 4 is 11.9 Å². The first-order valence-corrected chi connectivity index (χ1v) is 7.56. The Kier molecular flexibility index (Phi) is 11.6. The van der Waals surface area contributed by atoms with Crippen LogP contribution in [0.2, 0.25) is 0 Å². The molecule has 0 fully saturated rings. The average molecular weight is 324 g/mol. The Morgan fingerprint density at radius 2 is 1.57 bits per heavy atom. The molecule has 0 saturated carbocycles. The molecule has 1 aromatic carbocycles. The van der Waals surface area contributed by atoms with Gasteiger partial charge in [-0.15, -0.1) is 0 Å². The highest BCUT2D eigenvalue weighted by Crippen LogP contribution is 1.99. The molecule has 130 valence electrons. The Bertz CT molecular complexity index is 451. The first-order valence-electron chi connectivity index (χ1n) is 7.56. The molecule has 0 aliphatic heterocycles. The third kappa shape index (κ3) is 9.65. The van der Waals surface area contributed by atoms with Crippen LogP contribution in [-0.4, -0.2) is 39.2 Å². The summed E-state index contributed by atoms with van der Waals surface area (Å²) >= 11 is 0. The van der Waals surface area contributed by atoms with E-state index in [0.29, 0.717) is 13.1 Å². The maximum atomic E-state index is 11.1. The van der Waals surface area contributed by atoms with Crippen molar-refractivity contribution in [1.29, 1.82) is 0 Å². The molecule has 0 aliphatic rings. The van der Waals surface area contributed by atoms with Crippen LogP contribution in [0.3, 0.4) is 0 Å². The number of nitrogens with two attached hydrogens (primary N) is 1. The van der Waals surface area contributed by atoms with Gasteiger partial charge in [0, 0.05) is 19.6 Å². The van der Waals surface area contributed by atoms with E-state index >= 15 is 0 Å². The summed E-state index contributed by atoms with van der Waals surface area (Å²) in [4.78, 5) is 21.5. The number of methoxy groups -OCH3 is 2. The van der Waals surface area contributed by atoms with E-state index in [2.05, 4.69) is 26.9 Å². The zero-order chi connectivity index (χ0) is 17.7. The minimum Gasteiger partial charge on any atom is -0.469 e. The minimum absolute atomic E-state index is 0.0984. The van der Waals surface area contributed by atoms with Gasteiger partial charge in [-0.3, -0.25) is 9.59 Å². The molecule has 2 atom stereocenters. The molecule has 0 bridgehead atoms. The zero-order valence-electron chi connectivity index (χ0n) is 14.4. The van der Waals surface area contributed by atoms with Crippen LogP contribution in [0.15, 0.2) is 30.3 Å². The quantitative estimate of drug-likeness (QED) is 0.736. The standard InChI is InChI=1S/C12H17NO2.C5H11NO2/c1-10(12(14)15-2)8-13-9-11-6-4-3-5-7-11;1-4(3-6)5(7)8-2/h3-7,10,13H,8-9H2,1-2H3;4H,3,6H2,1-2H3. The lowest BCUT2D eigenvalue weighted by Crippen LogP contribution is -2.26. The van der Waals surface area contributed by atoms with Gasteiger partial charge in [0.1, 0.15) is 0 Å². The number of hydrogen-bond acceptors (Lipinski definition) is 6. The molecule has 2 unspecified atom stereocenters. The lowest BCUT2D eigenvalue weighted by atomic mass is 10.1. The van der Waals surface area contributed by atoms with Crippen molar-refractivity contribution in [3.63, 3.8) is 0 Å². The smallest absolute Gasteiger partial charge is 0.309 e. The highest BCUT2D eigenvalue weighted by Gasteiger charge is 2.11. The molecule has 6 heteroatoms. The van der Waals surface area contributed by atoms with Gasteiger partial charge < -0.3 is 20.5 Å². The van der Waals surface area contributed by atoms with E-state index in [1.165, 1.54) is 19.8 Å². The highest BCUT2D eigenvalue weighted by atomic mass is 16.5. The maximum absolute atomic E-state index is 11.1. The fourth-order valence-corrected chi connectivity index (χ4v) is 1.61. The molecule has 23 heavy (non-hydrogen) atoms. The third-order valence-corrected chi connectivity index (χ3v) is 3.18. The predicted octanol–water partition coefficient (Wildman–Crippen LogP) is 1.34. The molecule has 0 heterocycles. The second-order valence-electron chi connectivity index (χ2n) is 5.20. The summed E-state index contributed by atoms with van der Waals surface area (Å²) in [6, 6.07) is 10.1. The van der Waals surface area contributed by atoms with Crippen LogP contribution in [0.5, 0.6) is 0 Å². The van der Waals surface area contributed by atoms with E-state index in [-0.39, 0.29) is 23.8 Å². The van der Waals surface area contributed by atoms with Crippen LogP contribution >= 0.6 is 0 Å². The molecular weight excluding hydrogens is 296 g/mol. The Labute approximate surface area is 138 Å². The Hall–Kier alpha value is -1.92. The van der Waals surface area contributed by atoms with Crippen molar-refractivity contribution in [3.8, 4) is 0 Å². The van der Waals surface area contributed by atoms with Gasteiger partial charge in [0.05, 0.1) is 26.1 Å². The van der Waals surface area contributed by atoms with E-state index in [1.807, 2.05) is 25.1 Å². The minimum atomic E-state index is -0.243. The van der Waals surface area contributed by atoms with Crippen LogP contribution < -0.4 is 11.1 Å². The fraction of sp³-hybridized carbons (Fsp3) is 0.529. The summed E-state index contributed by atoms with van der Waals surface area (Å²) in [5.41, 5.74) is 6.36. The topological polar surface area (TPSA) is 90.7 Å². The van der Waals surface area contributed by atoms with Crippen LogP contribution in [0.4, 0.5) is 0 Å². The van der Waals surface area contributed by atoms with Gasteiger partial charge in [0.15, 0.2) is 0 Å². The van der Waals surface area contributed by atoms with Gasteiger partial charge in [-0.1, -0.05) is 44.2 Å². The van der Waals surface area contributed by atoms with Gasteiger partial charge >= 0.3 is 11.9 Å². The van der Waals surface area contributed by atoms with E-state index in [4.69, 9.17) is 5.73 Å². The number of ether oxygens (including phenoxy) is 2. The first kappa shape index (κ1) is 21.1. The Morgan fingerprint density at radius 1 is 1.04 bits per heavy atom. The summed E-state index contributed by atoms with van der Waals surface area (Å²) in [6.45, 7) is 5.35. The number of esters is 2. The van der Waals surface area contributed by atoms with Gasteiger partial charge in [0.2, 0.25) is 0 Å². The van der Waals surface area contributed by atoms with Crippen molar-refractivity contribution in [2.45, 2.75) is 20.4 Å². The summed E-state index contributed by atoms with van der Waals surface area (Å²) in [5.74, 6) is -0.679. The molecule has 3 N–H and O–H groups in total. The molecule has 0 amide bonds. The van der Waals surface area contributed by atoms with Crippen molar-refractivity contribution < 1.29 is 19.1 Å². The third-order valence-electron chi connectivity index (χ3n) is 3.18. The molecule has 0 aliphatic carbocycles. The second kappa shape index (κ2) is 12.6. The highest BCUT2D eigenvalue weighted by molar-refractivity contribution is 5.72. The van der Waals surface area contributed by atoms with E-state index in [9.17, 15) is 9.59 Å².